The molecule has 2 aromatic carbocycles. The summed E-state index contributed by atoms with van der Waals surface area (Å²) >= 11 is 5.81. The Balaban J connectivity index is 1.88. The number of halogens is 1. The molecule has 0 heterocycles. The number of aliphatic hydroxyl groups excluding tert-OH is 1. The first kappa shape index (κ1) is 18.1. The molecule has 2 aromatic rings. The number of carbonyl (C=O) groups excluding carboxylic acids is 1. The van der Waals surface area contributed by atoms with Gasteiger partial charge >= 0.3 is 0 Å². The molecular formula is C18H20ClNO4. The van der Waals surface area contributed by atoms with Gasteiger partial charge in [-0.15, -0.1) is 0 Å². The van der Waals surface area contributed by atoms with Crippen molar-refractivity contribution >= 4 is 17.5 Å². The van der Waals surface area contributed by atoms with E-state index in [1.54, 1.807) is 50.6 Å². The molecule has 6 heteroatoms. The second-order valence-electron chi connectivity index (χ2n) is 5.31. The molecule has 0 bridgehead atoms. The molecule has 128 valence electrons. The van der Waals surface area contributed by atoms with Crippen LogP contribution in [0.2, 0.25) is 5.02 Å². The van der Waals surface area contributed by atoms with E-state index in [0.29, 0.717) is 22.1 Å². The lowest BCUT2D eigenvalue weighted by atomic mass is 10.2. The maximum absolute atomic E-state index is 12.3. The summed E-state index contributed by atoms with van der Waals surface area (Å²) in [5, 5.41) is 10.7. The predicted molar refractivity (Wildman–Crippen MR) is 92.9 cm³/mol. The Morgan fingerprint density at radius 1 is 1.17 bits per heavy atom. The predicted octanol–water partition coefficient (Wildman–Crippen LogP) is 2.86. The van der Waals surface area contributed by atoms with Crippen molar-refractivity contribution in [2.45, 2.75) is 6.10 Å². The van der Waals surface area contributed by atoms with Gasteiger partial charge in [0.05, 0.1) is 7.11 Å². The SMILES string of the molecule is COc1ccccc1OCC(O)CN(C)C(=O)c1ccc(Cl)cc1. The number of likely N-dealkylation sites (N-methyl/N-ethyl adjacent to an activating group) is 1. The lowest BCUT2D eigenvalue weighted by Gasteiger charge is -2.21. The highest BCUT2D eigenvalue weighted by molar-refractivity contribution is 6.30. The minimum atomic E-state index is -0.823. The largest absolute Gasteiger partial charge is 0.493 e. The van der Waals surface area contributed by atoms with Gasteiger partial charge in [-0.1, -0.05) is 23.7 Å². The van der Waals surface area contributed by atoms with Crippen LogP contribution in [0.4, 0.5) is 0 Å². The van der Waals surface area contributed by atoms with Crippen LogP contribution < -0.4 is 9.47 Å². The fourth-order valence-electron chi connectivity index (χ4n) is 2.19. The van der Waals surface area contributed by atoms with Gasteiger partial charge in [0.2, 0.25) is 0 Å². The van der Waals surface area contributed by atoms with Crippen LogP contribution in [0.3, 0.4) is 0 Å². The quantitative estimate of drug-likeness (QED) is 0.835. The zero-order chi connectivity index (χ0) is 17.5. The van der Waals surface area contributed by atoms with E-state index in [2.05, 4.69) is 0 Å². The number of hydrogen-bond donors (Lipinski definition) is 1. The summed E-state index contributed by atoms with van der Waals surface area (Å²) in [6.45, 7) is 0.204. The van der Waals surface area contributed by atoms with Crippen LogP contribution in [0.25, 0.3) is 0 Å². The number of benzene rings is 2. The maximum Gasteiger partial charge on any atom is 0.253 e. The second-order valence-corrected chi connectivity index (χ2v) is 5.74. The number of carbonyl (C=O) groups is 1. The molecule has 2 rings (SSSR count). The van der Waals surface area contributed by atoms with Crippen molar-refractivity contribution in [1.82, 2.24) is 4.90 Å². The Kier molecular flexibility index (Phi) is 6.46. The van der Waals surface area contributed by atoms with Crippen LogP contribution in [0.15, 0.2) is 48.5 Å². The Hall–Kier alpha value is -2.24. The average Bonchev–Trinajstić information content (AvgIpc) is 2.60. The maximum atomic E-state index is 12.3. The molecular weight excluding hydrogens is 330 g/mol. The molecule has 0 radical (unpaired) electrons. The molecule has 5 nitrogen and oxygen atoms in total. The van der Waals surface area contributed by atoms with Crippen LogP contribution in [0, 0.1) is 0 Å². The summed E-state index contributed by atoms with van der Waals surface area (Å²) < 4.78 is 10.7. The van der Waals surface area contributed by atoms with Gasteiger partial charge < -0.3 is 19.5 Å². The molecule has 0 fully saturated rings. The van der Waals surface area contributed by atoms with Gasteiger partial charge in [-0.3, -0.25) is 4.79 Å². The van der Waals surface area contributed by atoms with E-state index in [9.17, 15) is 9.90 Å². The van der Waals surface area contributed by atoms with Crippen molar-refractivity contribution < 1.29 is 19.4 Å². The Morgan fingerprint density at radius 3 is 2.42 bits per heavy atom. The summed E-state index contributed by atoms with van der Waals surface area (Å²) in [5.74, 6) is 0.948. The fourth-order valence-corrected chi connectivity index (χ4v) is 2.31. The van der Waals surface area contributed by atoms with E-state index in [-0.39, 0.29) is 19.1 Å². The van der Waals surface area contributed by atoms with E-state index >= 15 is 0 Å². The van der Waals surface area contributed by atoms with Crippen LogP contribution in [0.1, 0.15) is 10.4 Å². The van der Waals surface area contributed by atoms with E-state index in [1.165, 1.54) is 4.90 Å². The molecule has 24 heavy (non-hydrogen) atoms. The van der Waals surface area contributed by atoms with Gasteiger partial charge in [-0.25, -0.2) is 0 Å². The number of ether oxygens (including phenoxy) is 2. The highest BCUT2D eigenvalue weighted by Gasteiger charge is 2.16. The van der Waals surface area contributed by atoms with Crippen molar-refractivity contribution in [1.29, 1.82) is 0 Å². The fraction of sp³-hybridized carbons (Fsp3) is 0.278. The molecule has 0 aliphatic heterocycles. The lowest BCUT2D eigenvalue weighted by molar-refractivity contribution is 0.0559. The minimum absolute atomic E-state index is 0.0542. The van der Waals surface area contributed by atoms with Gasteiger partial charge in [-0.05, 0) is 36.4 Å². The highest BCUT2D eigenvalue weighted by atomic mass is 35.5. The summed E-state index contributed by atoms with van der Waals surface area (Å²) in [6, 6.07) is 13.8. The molecule has 0 aliphatic carbocycles. The zero-order valence-electron chi connectivity index (χ0n) is 13.6. The Bertz CT molecular complexity index is 675. The van der Waals surface area contributed by atoms with Crippen LogP contribution >= 0.6 is 11.6 Å². The third kappa shape index (κ3) is 4.88. The van der Waals surface area contributed by atoms with Gasteiger partial charge in [0.15, 0.2) is 11.5 Å². The van der Waals surface area contributed by atoms with E-state index in [1.807, 2.05) is 12.1 Å². The smallest absolute Gasteiger partial charge is 0.253 e. The summed E-state index contributed by atoms with van der Waals surface area (Å²) in [4.78, 5) is 13.7. The van der Waals surface area contributed by atoms with Crippen molar-refractivity contribution in [3.63, 3.8) is 0 Å². The van der Waals surface area contributed by atoms with Crippen molar-refractivity contribution in [2.24, 2.45) is 0 Å². The molecule has 0 spiro atoms. The molecule has 0 aliphatic rings. The zero-order valence-corrected chi connectivity index (χ0v) is 14.4. The number of nitrogens with zero attached hydrogens (tertiary/aromatic N) is 1. The number of rotatable bonds is 7. The summed E-state index contributed by atoms with van der Waals surface area (Å²) in [7, 11) is 3.18. The third-order valence-corrected chi connectivity index (χ3v) is 3.67. The first-order valence-electron chi connectivity index (χ1n) is 7.46. The number of para-hydroxylation sites is 2. The van der Waals surface area contributed by atoms with Crippen LogP contribution in [-0.2, 0) is 0 Å². The van der Waals surface area contributed by atoms with E-state index in [0.717, 1.165) is 0 Å². The third-order valence-electron chi connectivity index (χ3n) is 3.42. The van der Waals surface area contributed by atoms with Crippen molar-refractivity contribution in [2.75, 3.05) is 27.3 Å². The summed E-state index contributed by atoms with van der Waals surface area (Å²) in [5.41, 5.74) is 0.514. The second kappa shape index (κ2) is 8.57. The molecule has 0 aromatic heterocycles. The van der Waals surface area contributed by atoms with Gasteiger partial charge in [0.25, 0.3) is 5.91 Å². The molecule has 0 saturated carbocycles. The highest BCUT2D eigenvalue weighted by Crippen LogP contribution is 2.25. The summed E-state index contributed by atoms with van der Waals surface area (Å²) in [6.07, 6.45) is -0.823. The topological polar surface area (TPSA) is 59.0 Å². The minimum Gasteiger partial charge on any atom is -0.493 e. The molecule has 0 saturated heterocycles. The van der Waals surface area contributed by atoms with E-state index in [4.69, 9.17) is 21.1 Å². The van der Waals surface area contributed by atoms with Crippen molar-refractivity contribution in [3.05, 3.63) is 59.1 Å². The lowest BCUT2D eigenvalue weighted by Crippen LogP contribution is -2.37. The van der Waals surface area contributed by atoms with Crippen LogP contribution in [0.5, 0.6) is 11.5 Å². The van der Waals surface area contributed by atoms with Crippen molar-refractivity contribution in [3.8, 4) is 11.5 Å². The number of amides is 1. The van der Waals surface area contributed by atoms with E-state index < -0.39 is 6.10 Å². The molecule has 1 N–H and O–H groups in total. The Labute approximate surface area is 146 Å². The standard InChI is InChI=1S/C18H20ClNO4/c1-20(18(22)13-7-9-14(19)10-8-13)11-15(21)12-24-17-6-4-3-5-16(17)23-2/h3-10,15,21H,11-12H2,1-2H3. The number of hydrogen-bond acceptors (Lipinski definition) is 4. The molecule has 1 atom stereocenters. The molecule has 1 amide bonds. The normalized spacial score (nSPS) is 11.7. The average molecular weight is 350 g/mol. The van der Waals surface area contributed by atoms with Gasteiger partial charge in [-0.2, -0.15) is 0 Å². The van der Waals surface area contributed by atoms with Crippen LogP contribution in [-0.4, -0.2) is 49.3 Å². The number of methoxy groups -OCH3 is 1. The first-order valence-corrected chi connectivity index (χ1v) is 7.84. The monoisotopic (exact) mass is 349 g/mol. The Morgan fingerprint density at radius 2 is 1.79 bits per heavy atom. The number of aliphatic hydroxyl groups is 1. The van der Waals surface area contributed by atoms with Gasteiger partial charge in [0, 0.05) is 24.2 Å². The van der Waals surface area contributed by atoms with Gasteiger partial charge in [0.1, 0.15) is 12.7 Å². The first-order chi connectivity index (χ1) is 11.5. The molecule has 1 unspecified atom stereocenters.